The molecule has 5 heteroatoms. The van der Waals surface area contributed by atoms with Crippen LogP contribution >= 0.6 is 11.8 Å². The molecule has 0 aliphatic carbocycles. The van der Waals surface area contributed by atoms with E-state index >= 15 is 0 Å². The lowest BCUT2D eigenvalue weighted by Gasteiger charge is -2.12. The number of pyridine rings is 2. The summed E-state index contributed by atoms with van der Waals surface area (Å²) in [5, 5.41) is 1.10. The van der Waals surface area contributed by atoms with E-state index in [1.807, 2.05) is 42.5 Å². The Bertz CT molecular complexity index is 746. The van der Waals surface area contributed by atoms with Crippen LogP contribution in [0.2, 0.25) is 0 Å². The van der Waals surface area contributed by atoms with Crippen molar-refractivity contribution in [3.05, 3.63) is 54.7 Å². The summed E-state index contributed by atoms with van der Waals surface area (Å²) in [5.74, 6) is 0.527. The van der Waals surface area contributed by atoms with E-state index in [9.17, 15) is 4.39 Å². The molecule has 1 aromatic carbocycles. The topological polar surface area (TPSA) is 29.0 Å². The molecule has 3 rings (SSSR count). The van der Waals surface area contributed by atoms with Crippen LogP contribution in [0.25, 0.3) is 22.2 Å². The molecule has 0 radical (unpaired) electrons. The summed E-state index contributed by atoms with van der Waals surface area (Å²) in [5.41, 5.74) is 2.68. The van der Waals surface area contributed by atoms with Crippen LogP contribution in [-0.4, -0.2) is 23.2 Å². The van der Waals surface area contributed by atoms with Gasteiger partial charge < -0.3 is 0 Å². The van der Waals surface area contributed by atoms with E-state index in [1.165, 1.54) is 4.42 Å². The highest BCUT2D eigenvalue weighted by atomic mass is 35.5. The predicted molar refractivity (Wildman–Crippen MR) is 84.1 cm³/mol. The molecule has 0 atom stereocenters. The molecule has 3 aromatic rings. The zero-order chi connectivity index (χ0) is 14.7. The summed E-state index contributed by atoms with van der Waals surface area (Å²) in [6, 6.07) is 15.6. The van der Waals surface area contributed by atoms with Crippen molar-refractivity contribution in [2.45, 2.75) is 0 Å². The second-order valence-electron chi connectivity index (χ2n) is 4.57. The molecule has 0 amide bonds. The van der Waals surface area contributed by atoms with Crippen molar-refractivity contribution in [2.75, 3.05) is 17.6 Å². The molecule has 0 saturated heterocycles. The fourth-order valence-corrected chi connectivity index (χ4v) is 2.26. The summed E-state index contributed by atoms with van der Waals surface area (Å²) in [6.45, 7) is -0.401. The molecule has 3 nitrogen and oxygen atoms in total. The van der Waals surface area contributed by atoms with Crippen LogP contribution < -0.4 is 4.42 Å². The van der Waals surface area contributed by atoms with E-state index in [2.05, 4.69) is 9.97 Å². The van der Waals surface area contributed by atoms with Gasteiger partial charge in [0.2, 0.25) is 0 Å². The molecule has 2 aromatic heterocycles. The molecular formula is C16H13ClFN3. The fourth-order valence-electron chi connectivity index (χ4n) is 2.10. The van der Waals surface area contributed by atoms with Crippen LogP contribution in [0.5, 0.6) is 0 Å². The maximum absolute atomic E-state index is 12.3. The first kappa shape index (κ1) is 13.8. The number of anilines is 1. The molecule has 0 saturated carbocycles. The average molecular weight is 302 g/mol. The smallest absolute Gasteiger partial charge is 0.143 e. The van der Waals surface area contributed by atoms with Gasteiger partial charge in [0.05, 0.1) is 17.8 Å². The van der Waals surface area contributed by atoms with Crippen molar-refractivity contribution in [1.29, 1.82) is 0 Å². The third kappa shape index (κ3) is 2.95. The first-order valence-electron chi connectivity index (χ1n) is 6.59. The van der Waals surface area contributed by atoms with Crippen molar-refractivity contribution in [3.8, 4) is 11.3 Å². The van der Waals surface area contributed by atoms with Gasteiger partial charge in [0.1, 0.15) is 12.5 Å². The number of alkyl halides is 1. The fraction of sp³-hybridized carbons (Fsp3) is 0.125. The van der Waals surface area contributed by atoms with Gasteiger partial charge in [-0.25, -0.2) is 14.4 Å². The number of aromatic nitrogens is 2. The SMILES string of the molecule is FCCN(Cl)c1ccc(-c2ccc3ccccc3n2)cn1. The van der Waals surface area contributed by atoms with Gasteiger partial charge in [0, 0.05) is 28.9 Å². The highest BCUT2D eigenvalue weighted by Gasteiger charge is 2.06. The van der Waals surface area contributed by atoms with E-state index in [1.54, 1.807) is 12.3 Å². The molecule has 0 fully saturated rings. The maximum atomic E-state index is 12.3. The molecule has 0 unspecified atom stereocenters. The van der Waals surface area contributed by atoms with E-state index in [4.69, 9.17) is 11.8 Å². The van der Waals surface area contributed by atoms with E-state index in [-0.39, 0.29) is 6.54 Å². The molecular weight excluding hydrogens is 289 g/mol. The summed E-state index contributed by atoms with van der Waals surface area (Å²) >= 11 is 5.90. The number of hydrogen-bond donors (Lipinski definition) is 0. The highest BCUT2D eigenvalue weighted by molar-refractivity contribution is 6.25. The zero-order valence-corrected chi connectivity index (χ0v) is 12.0. The van der Waals surface area contributed by atoms with Gasteiger partial charge in [0.25, 0.3) is 0 Å². The second-order valence-corrected chi connectivity index (χ2v) is 4.98. The summed E-state index contributed by atoms with van der Waals surface area (Å²) in [6.07, 6.45) is 1.69. The Kier molecular flexibility index (Phi) is 3.97. The Balaban J connectivity index is 1.91. The molecule has 0 spiro atoms. The lowest BCUT2D eigenvalue weighted by atomic mass is 10.1. The largest absolute Gasteiger partial charge is 0.266 e. The quantitative estimate of drug-likeness (QED) is 0.675. The van der Waals surface area contributed by atoms with Crippen molar-refractivity contribution in [2.24, 2.45) is 0 Å². The summed E-state index contributed by atoms with van der Waals surface area (Å²) in [4.78, 5) is 8.85. The monoisotopic (exact) mass is 301 g/mol. The third-order valence-corrected chi connectivity index (χ3v) is 3.51. The molecule has 2 heterocycles. The maximum Gasteiger partial charge on any atom is 0.143 e. The third-order valence-electron chi connectivity index (χ3n) is 3.17. The molecule has 106 valence electrons. The number of hydrogen-bond acceptors (Lipinski definition) is 3. The first-order chi connectivity index (χ1) is 10.3. The second kappa shape index (κ2) is 6.06. The Morgan fingerprint density at radius 2 is 1.90 bits per heavy atom. The standard InChI is InChI=1S/C16H13ClFN3/c17-21(10-9-18)16-8-6-13(11-19-16)15-7-5-12-3-1-2-4-14(12)20-15/h1-8,11H,9-10H2. The Hall–Kier alpha value is -2.20. The summed E-state index contributed by atoms with van der Waals surface area (Å²) < 4.78 is 13.5. The van der Waals surface area contributed by atoms with Gasteiger partial charge in [-0.2, -0.15) is 0 Å². The van der Waals surface area contributed by atoms with Crippen LogP contribution in [0, 0.1) is 0 Å². The first-order valence-corrected chi connectivity index (χ1v) is 6.93. The number of nitrogens with zero attached hydrogens (tertiary/aromatic N) is 3. The Labute approximate surface area is 127 Å². The number of para-hydroxylation sites is 1. The minimum Gasteiger partial charge on any atom is -0.266 e. The Morgan fingerprint density at radius 3 is 2.67 bits per heavy atom. The van der Waals surface area contributed by atoms with Crippen LogP contribution in [0.4, 0.5) is 10.2 Å². The molecule has 0 bridgehead atoms. The highest BCUT2D eigenvalue weighted by Crippen LogP contribution is 2.22. The molecule has 0 N–H and O–H groups in total. The lowest BCUT2D eigenvalue weighted by molar-refractivity contribution is 0.504. The van der Waals surface area contributed by atoms with Crippen molar-refractivity contribution >= 4 is 28.5 Å². The van der Waals surface area contributed by atoms with Gasteiger partial charge in [-0.1, -0.05) is 24.3 Å². The van der Waals surface area contributed by atoms with Gasteiger partial charge in [0.15, 0.2) is 0 Å². The van der Waals surface area contributed by atoms with Crippen molar-refractivity contribution in [1.82, 2.24) is 9.97 Å². The lowest BCUT2D eigenvalue weighted by Crippen LogP contribution is -2.14. The van der Waals surface area contributed by atoms with Gasteiger partial charge in [-0.05, 0) is 24.3 Å². The number of rotatable bonds is 4. The normalized spacial score (nSPS) is 10.8. The minimum absolute atomic E-state index is 0.113. The average Bonchev–Trinajstić information content (AvgIpc) is 2.55. The van der Waals surface area contributed by atoms with Crippen molar-refractivity contribution < 1.29 is 4.39 Å². The van der Waals surface area contributed by atoms with E-state index in [0.717, 1.165) is 22.2 Å². The van der Waals surface area contributed by atoms with Gasteiger partial charge >= 0.3 is 0 Å². The number of halogens is 2. The molecule has 21 heavy (non-hydrogen) atoms. The van der Waals surface area contributed by atoms with E-state index in [0.29, 0.717) is 5.82 Å². The Morgan fingerprint density at radius 1 is 1.05 bits per heavy atom. The van der Waals surface area contributed by atoms with Crippen LogP contribution in [0.15, 0.2) is 54.7 Å². The number of benzene rings is 1. The minimum atomic E-state index is -0.515. The zero-order valence-electron chi connectivity index (χ0n) is 11.2. The summed E-state index contributed by atoms with van der Waals surface area (Å²) in [7, 11) is 0. The van der Waals surface area contributed by atoms with Gasteiger partial charge in [-0.3, -0.25) is 4.42 Å². The van der Waals surface area contributed by atoms with Gasteiger partial charge in [-0.15, -0.1) is 0 Å². The molecule has 0 aliphatic rings. The van der Waals surface area contributed by atoms with E-state index < -0.39 is 6.67 Å². The number of fused-ring (bicyclic) bond motifs is 1. The van der Waals surface area contributed by atoms with Crippen LogP contribution in [0.1, 0.15) is 0 Å². The predicted octanol–water partition coefficient (Wildman–Crippen LogP) is 4.23. The van der Waals surface area contributed by atoms with Crippen LogP contribution in [-0.2, 0) is 0 Å². The van der Waals surface area contributed by atoms with Crippen LogP contribution in [0.3, 0.4) is 0 Å². The molecule has 0 aliphatic heterocycles. The van der Waals surface area contributed by atoms with Crippen molar-refractivity contribution in [3.63, 3.8) is 0 Å².